The predicted octanol–water partition coefficient (Wildman–Crippen LogP) is 5.71. The zero-order valence-electron chi connectivity index (χ0n) is 18.3. The minimum Gasteiger partial charge on any atom is -0.497 e. The number of nitrogens with one attached hydrogen (secondary N) is 1. The molecule has 1 fully saturated rings. The normalized spacial score (nSPS) is 17.7. The molecule has 7 nitrogen and oxygen atoms in total. The molecule has 2 amide bonds. The van der Waals surface area contributed by atoms with Crippen LogP contribution in [0.3, 0.4) is 0 Å². The molecule has 0 heterocycles. The van der Waals surface area contributed by atoms with E-state index in [9.17, 15) is 14.9 Å². The van der Waals surface area contributed by atoms with E-state index >= 15 is 0 Å². The fourth-order valence-electron chi connectivity index (χ4n) is 4.76. The molecular weight excluding hydrogens is 382 g/mol. The molecule has 0 radical (unpaired) electrons. The Morgan fingerprint density at radius 2 is 1.73 bits per heavy atom. The monoisotopic (exact) mass is 411 g/mol. The van der Waals surface area contributed by atoms with Crippen molar-refractivity contribution in [1.82, 2.24) is 0 Å². The number of carbonyl (C=O) groups excluding carboxylic acids is 1. The number of anilines is 2. The number of nitrogens with zero attached hydrogens (tertiary/aromatic N) is 2. The number of hydrogen-bond donors (Lipinski definition) is 1. The Labute approximate surface area is 177 Å². The zero-order valence-corrected chi connectivity index (χ0v) is 18.3. The summed E-state index contributed by atoms with van der Waals surface area (Å²) < 4.78 is 5.24. The van der Waals surface area contributed by atoms with Crippen molar-refractivity contribution >= 4 is 23.1 Å². The molecule has 0 unspecified atom stereocenters. The molecule has 0 saturated heterocycles. The van der Waals surface area contributed by atoms with Crippen molar-refractivity contribution in [3.63, 3.8) is 0 Å². The first-order valence-electron chi connectivity index (χ1n) is 9.99. The van der Waals surface area contributed by atoms with Gasteiger partial charge in [0.2, 0.25) is 0 Å². The van der Waals surface area contributed by atoms with Crippen LogP contribution in [0.1, 0.15) is 34.6 Å². The largest absolute Gasteiger partial charge is 0.497 e. The molecule has 3 rings (SSSR count). The Kier molecular flexibility index (Phi) is 5.50. The topological polar surface area (TPSA) is 84.7 Å². The molecule has 0 aliphatic heterocycles. The quantitative estimate of drug-likeness (QED) is 0.487. The van der Waals surface area contributed by atoms with Crippen LogP contribution in [0, 0.1) is 26.9 Å². The SMILES string of the molecule is COc1ccc(N(C(=O)Nc2cccc([N+](=O)[O-])c2)[C@H](C)C2C(C)(C)C2(C)C)cc1. The Bertz CT molecular complexity index is 939. The van der Waals surface area contributed by atoms with Crippen LogP contribution >= 0.6 is 0 Å². The Morgan fingerprint density at radius 1 is 1.13 bits per heavy atom. The highest BCUT2D eigenvalue weighted by Gasteiger charge is 2.67. The van der Waals surface area contributed by atoms with Crippen LogP contribution in [0.2, 0.25) is 0 Å². The first-order chi connectivity index (χ1) is 14.0. The molecule has 1 N–H and O–H groups in total. The summed E-state index contributed by atoms with van der Waals surface area (Å²) in [5, 5.41) is 13.9. The third-order valence-electron chi connectivity index (χ3n) is 6.90. The van der Waals surface area contributed by atoms with Gasteiger partial charge in [0.15, 0.2) is 0 Å². The predicted molar refractivity (Wildman–Crippen MR) is 118 cm³/mol. The summed E-state index contributed by atoms with van der Waals surface area (Å²) >= 11 is 0. The van der Waals surface area contributed by atoms with E-state index in [1.54, 1.807) is 24.1 Å². The summed E-state index contributed by atoms with van der Waals surface area (Å²) in [5.41, 5.74) is 1.23. The summed E-state index contributed by atoms with van der Waals surface area (Å²) in [7, 11) is 1.60. The van der Waals surface area contributed by atoms with Crippen molar-refractivity contribution in [3.8, 4) is 5.75 Å². The Balaban J connectivity index is 1.93. The average molecular weight is 412 g/mol. The summed E-state index contributed by atoms with van der Waals surface area (Å²) in [5.74, 6) is 1.00. The van der Waals surface area contributed by atoms with Crippen LogP contribution in [-0.4, -0.2) is 24.1 Å². The maximum absolute atomic E-state index is 13.4. The number of ether oxygens (including phenoxy) is 1. The molecular formula is C23H29N3O4. The van der Waals surface area contributed by atoms with Gasteiger partial charge in [0.1, 0.15) is 5.75 Å². The number of methoxy groups -OCH3 is 1. The van der Waals surface area contributed by atoms with Crippen LogP contribution < -0.4 is 15.0 Å². The number of nitro groups is 1. The van der Waals surface area contributed by atoms with Gasteiger partial charge in [-0.15, -0.1) is 0 Å². The van der Waals surface area contributed by atoms with Gasteiger partial charge in [0, 0.05) is 29.5 Å². The van der Waals surface area contributed by atoms with Gasteiger partial charge in [0.25, 0.3) is 5.69 Å². The fraction of sp³-hybridized carbons (Fsp3) is 0.435. The summed E-state index contributed by atoms with van der Waals surface area (Å²) in [4.78, 5) is 25.7. The summed E-state index contributed by atoms with van der Waals surface area (Å²) in [6, 6.07) is 12.9. The van der Waals surface area contributed by atoms with Crippen LogP contribution in [0.25, 0.3) is 0 Å². The molecule has 1 aliphatic rings. The smallest absolute Gasteiger partial charge is 0.326 e. The van der Waals surface area contributed by atoms with Crippen molar-refractivity contribution in [2.75, 3.05) is 17.3 Å². The molecule has 160 valence electrons. The highest BCUT2D eigenvalue weighted by molar-refractivity contribution is 6.02. The van der Waals surface area contributed by atoms with Crippen molar-refractivity contribution in [2.24, 2.45) is 16.7 Å². The summed E-state index contributed by atoms with van der Waals surface area (Å²) in [6.07, 6.45) is 0. The number of urea groups is 1. The van der Waals surface area contributed by atoms with Crippen LogP contribution in [0.5, 0.6) is 5.75 Å². The van der Waals surface area contributed by atoms with Crippen molar-refractivity contribution < 1.29 is 14.5 Å². The van der Waals surface area contributed by atoms with Gasteiger partial charge in [-0.2, -0.15) is 0 Å². The van der Waals surface area contributed by atoms with Crippen molar-refractivity contribution in [1.29, 1.82) is 0 Å². The molecule has 2 aromatic rings. The highest BCUT2D eigenvalue weighted by Crippen LogP contribution is 2.70. The minimum absolute atomic E-state index is 0.0682. The molecule has 1 saturated carbocycles. The third kappa shape index (κ3) is 3.72. The standard InChI is InChI=1S/C23H29N3O4/c1-15(20-22(2,3)23(20,4)5)25(17-10-12-19(30-6)13-11-17)21(27)24-16-8-7-9-18(14-16)26(28)29/h7-15,20H,1-6H3,(H,24,27)/t15-/m1/s1. The molecule has 30 heavy (non-hydrogen) atoms. The van der Waals surface area contributed by atoms with Gasteiger partial charge in [-0.05, 0) is 54.0 Å². The van der Waals surface area contributed by atoms with E-state index in [0.29, 0.717) is 17.4 Å². The zero-order chi connectivity index (χ0) is 22.3. The molecule has 0 spiro atoms. The lowest BCUT2D eigenvalue weighted by Crippen LogP contribution is -2.44. The van der Waals surface area contributed by atoms with Gasteiger partial charge in [-0.1, -0.05) is 33.8 Å². The van der Waals surface area contributed by atoms with Crippen molar-refractivity contribution in [2.45, 2.75) is 40.7 Å². The first kappa shape index (κ1) is 21.6. The molecule has 2 aromatic carbocycles. The van der Waals surface area contributed by atoms with Crippen LogP contribution in [-0.2, 0) is 0 Å². The average Bonchev–Trinajstić information content (AvgIpc) is 3.10. The van der Waals surface area contributed by atoms with Gasteiger partial charge in [0.05, 0.1) is 12.0 Å². The first-order valence-corrected chi connectivity index (χ1v) is 9.99. The van der Waals surface area contributed by atoms with E-state index in [1.165, 1.54) is 12.1 Å². The van der Waals surface area contributed by atoms with Gasteiger partial charge in [-0.3, -0.25) is 15.0 Å². The van der Waals surface area contributed by atoms with E-state index < -0.39 is 4.92 Å². The van der Waals surface area contributed by atoms with E-state index in [1.807, 2.05) is 24.3 Å². The van der Waals surface area contributed by atoms with Gasteiger partial charge < -0.3 is 10.1 Å². The van der Waals surface area contributed by atoms with E-state index in [-0.39, 0.29) is 28.6 Å². The second-order valence-corrected chi connectivity index (χ2v) is 8.97. The molecule has 7 heteroatoms. The van der Waals surface area contributed by atoms with Crippen LogP contribution in [0.4, 0.5) is 21.9 Å². The van der Waals surface area contributed by atoms with Crippen molar-refractivity contribution in [3.05, 3.63) is 58.6 Å². The lowest BCUT2D eigenvalue weighted by atomic mass is 10.0. The minimum atomic E-state index is -0.477. The number of hydrogen-bond acceptors (Lipinski definition) is 4. The Morgan fingerprint density at radius 3 is 2.23 bits per heavy atom. The summed E-state index contributed by atoms with van der Waals surface area (Å²) in [6.45, 7) is 10.9. The number of nitro benzene ring substituents is 1. The second kappa shape index (κ2) is 7.63. The highest BCUT2D eigenvalue weighted by atomic mass is 16.6. The fourth-order valence-corrected chi connectivity index (χ4v) is 4.76. The van der Waals surface area contributed by atoms with Gasteiger partial charge >= 0.3 is 6.03 Å². The maximum Gasteiger partial charge on any atom is 0.326 e. The lowest BCUT2D eigenvalue weighted by Gasteiger charge is -2.31. The van der Waals surface area contributed by atoms with E-state index in [0.717, 1.165) is 5.69 Å². The van der Waals surface area contributed by atoms with Crippen LogP contribution in [0.15, 0.2) is 48.5 Å². The van der Waals surface area contributed by atoms with E-state index in [4.69, 9.17) is 4.74 Å². The molecule has 1 aliphatic carbocycles. The second-order valence-electron chi connectivity index (χ2n) is 8.97. The number of benzene rings is 2. The molecule has 0 bridgehead atoms. The molecule has 0 aromatic heterocycles. The third-order valence-corrected chi connectivity index (χ3v) is 6.90. The number of carbonyl (C=O) groups is 1. The number of amides is 2. The number of non-ortho nitro benzene ring substituents is 1. The molecule has 1 atom stereocenters. The Hall–Kier alpha value is -3.09. The lowest BCUT2D eigenvalue weighted by molar-refractivity contribution is -0.384. The van der Waals surface area contributed by atoms with Gasteiger partial charge in [-0.25, -0.2) is 4.79 Å². The number of rotatable bonds is 6. The van der Waals surface area contributed by atoms with E-state index in [2.05, 4.69) is 39.9 Å². The maximum atomic E-state index is 13.4.